The van der Waals surface area contributed by atoms with Crippen molar-refractivity contribution in [1.29, 1.82) is 0 Å². The minimum Gasteiger partial charge on any atom is -0.369 e. The number of fused-ring (bicyclic) bond motifs is 2. The molecule has 154 valence electrons. The molecule has 0 spiro atoms. The Morgan fingerprint density at radius 1 is 0.839 bits per heavy atom. The van der Waals surface area contributed by atoms with Gasteiger partial charge in [-0.2, -0.15) is 0 Å². The highest BCUT2D eigenvalue weighted by Crippen LogP contribution is 2.30. The maximum atomic E-state index is 4.76. The highest BCUT2D eigenvalue weighted by Gasteiger charge is 2.15. The molecule has 2 aromatic carbocycles. The van der Waals surface area contributed by atoms with Crippen LogP contribution in [0.4, 0.5) is 5.69 Å². The topological polar surface area (TPSA) is 63.8 Å². The van der Waals surface area contributed by atoms with Gasteiger partial charge in [-0.3, -0.25) is 4.98 Å². The van der Waals surface area contributed by atoms with Gasteiger partial charge in [-0.05, 0) is 55.6 Å². The Balaban J connectivity index is 1.33. The zero-order valence-electron chi connectivity index (χ0n) is 17.5. The van der Waals surface area contributed by atoms with E-state index >= 15 is 0 Å². The Hall–Kier alpha value is -3.64. The Bertz CT molecular complexity index is 1360. The summed E-state index contributed by atoms with van der Waals surface area (Å²) in [5, 5.41) is 1.24. The number of anilines is 1. The maximum Gasteiger partial charge on any atom is 0.157 e. The lowest BCUT2D eigenvalue weighted by Gasteiger charge is -2.34. The molecule has 2 N–H and O–H groups in total. The number of hydrogen-bond donors (Lipinski definition) is 2. The fourth-order valence-corrected chi connectivity index (χ4v) is 4.33. The van der Waals surface area contributed by atoms with Gasteiger partial charge < -0.3 is 19.8 Å². The molecule has 1 aliphatic heterocycles. The fourth-order valence-electron chi connectivity index (χ4n) is 4.33. The van der Waals surface area contributed by atoms with Gasteiger partial charge >= 0.3 is 0 Å². The molecule has 1 fully saturated rings. The van der Waals surface area contributed by atoms with Crippen LogP contribution in [0.1, 0.15) is 0 Å². The van der Waals surface area contributed by atoms with Gasteiger partial charge in [-0.25, -0.2) is 4.98 Å². The third-order valence-corrected chi connectivity index (χ3v) is 6.17. The molecule has 1 saturated heterocycles. The van der Waals surface area contributed by atoms with Crippen molar-refractivity contribution in [3.05, 3.63) is 66.9 Å². The first-order valence-electron chi connectivity index (χ1n) is 10.7. The summed E-state index contributed by atoms with van der Waals surface area (Å²) in [5.41, 5.74) is 7.49. The van der Waals surface area contributed by atoms with Crippen molar-refractivity contribution < 1.29 is 0 Å². The number of likely N-dealkylation sites (N-methyl/N-ethyl adjacent to an activating group) is 1. The highest BCUT2D eigenvalue weighted by atomic mass is 15.2. The van der Waals surface area contributed by atoms with Crippen LogP contribution < -0.4 is 4.90 Å². The van der Waals surface area contributed by atoms with Gasteiger partial charge in [0, 0.05) is 60.2 Å². The number of hydrogen-bond acceptors (Lipinski definition) is 4. The van der Waals surface area contributed by atoms with E-state index in [1.165, 1.54) is 11.1 Å². The van der Waals surface area contributed by atoms with Crippen molar-refractivity contribution in [2.45, 2.75) is 0 Å². The van der Waals surface area contributed by atoms with Crippen molar-refractivity contribution in [2.75, 3.05) is 38.1 Å². The molecule has 0 aliphatic carbocycles. The number of H-pyrrole nitrogens is 2. The monoisotopic (exact) mass is 408 g/mol. The fraction of sp³-hybridized carbons (Fsp3) is 0.200. The molecule has 6 rings (SSSR count). The zero-order chi connectivity index (χ0) is 20.8. The molecule has 0 bridgehead atoms. The molecule has 5 aromatic rings. The number of rotatable bonds is 3. The van der Waals surface area contributed by atoms with Gasteiger partial charge in [-0.15, -0.1) is 0 Å². The number of pyridine rings is 1. The van der Waals surface area contributed by atoms with E-state index in [0.717, 1.165) is 65.5 Å². The first-order chi connectivity index (χ1) is 15.2. The molecule has 31 heavy (non-hydrogen) atoms. The number of imidazole rings is 1. The van der Waals surface area contributed by atoms with Gasteiger partial charge in [0.15, 0.2) is 5.82 Å². The summed E-state index contributed by atoms with van der Waals surface area (Å²) in [7, 11) is 2.19. The Labute approximate surface area is 180 Å². The van der Waals surface area contributed by atoms with Gasteiger partial charge in [0.2, 0.25) is 0 Å². The van der Waals surface area contributed by atoms with Crippen LogP contribution in [0.5, 0.6) is 0 Å². The molecule has 0 amide bonds. The number of benzene rings is 2. The Kier molecular flexibility index (Phi) is 4.25. The molecule has 0 saturated carbocycles. The predicted molar refractivity (Wildman–Crippen MR) is 126 cm³/mol. The van der Waals surface area contributed by atoms with Gasteiger partial charge in [0.1, 0.15) is 5.69 Å². The molecule has 6 nitrogen and oxygen atoms in total. The van der Waals surface area contributed by atoms with E-state index in [1.807, 2.05) is 18.2 Å². The summed E-state index contributed by atoms with van der Waals surface area (Å²) in [4.78, 5) is 21.0. The van der Waals surface area contributed by atoms with E-state index in [2.05, 4.69) is 74.3 Å². The Morgan fingerprint density at radius 3 is 2.55 bits per heavy atom. The van der Waals surface area contributed by atoms with Crippen LogP contribution >= 0.6 is 0 Å². The minimum absolute atomic E-state index is 0.793. The zero-order valence-corrected chi connectivity index (χ0v) is 17.5. The lowest BCUT2D eigenvalue weighted by molar-refractivity contribution is 0.313. The van der Waals surface area contributed by atoms with Crippen LogP contribution in [-0.4, -0.2) is 58.1 Å². The van der Waals surface area contributed by atoms with E-state index in [4.69, 9.17) is 4.98 Å². The lowest BCUT2D eigenvalue weighted by atomic mass is 10.1. The van der Waals surface area contributed by atoms with Crippen molar-refractivity contribution >= 4 is 27.6 Å². The van der Waals surface area contributed by atoms with E-state index in [-0.39, 0.29) is 0 Å². The highest BCUT2D eigenvalue weighted by molar-refractivity contribution is 5.91. The SMILES string of the molecule is CN1CCN(c2ccc3[nH]c(-c4ccc5[nH]c(-c6ccccn6)nc5c4)cc3c2)CC1. The minimum atomic E-state index is 0.793. The molecule has 0 radical (unpaired) electrons. The number of nitrogens with zero attached hydrogens (tertiary/aromatic N) is 4. The van der Waals surface area contributed by atoms with Crippen LogP contribution in [0.25, 0.3) is 44.7 Å². The molecular formula is C25H24N6. The quantitative estimate of drug-likeness (QED) is 0.461. The van der Waals surface area contributed by atoms with Crippen LogP contribution in [0.2, 0.25) is 0 Å². The van der Waals surface area contributed by atoms with Gasteiger partial charge in [0.05, 0.1) is 11.0 Å². The van der Waals surface area contributed by atoms with E-state index in [1.54, 1.807) is 6.20 Å². The first-order valence-corrected chi connectivity index (χ1v) is 10.7. The average Bonchev–Trinajstić information content (AvgIpc) is 3.43. The standard InChI is InChI=1S/C25H24N6/c1-30-10-12-31(13-11-30)19-6-8-20-18(14-19)16-23(27-20)17-5-7-21-24(15-17)29-25(28-21)22-4-2-3-9-26-22/h2-9,14-16,27H,10-13H2,1H3,(H,28,29). The smallest absolute Gasteiger partial charge is 0.157 e. The van der Waals surface area contributed by atoms with E-state index < -0.39 is 0 Å². The number of nitrogens with one attached hydrogen (secondary N) is 2. The van der Waals surface area contributed by atoms with Crippen LogP contribution in [0.15, 0.2) is 66.9 Å². The van der Waals surface area contributed by atoms with Crippen LogP contribution in [0, 0.1) is 0 Å². The largest absolute Gasteiger partial charge is 0.369 e. The number of piperazine rings is 1. The second kappa shape index (κ2) is 7.25. The summed E-state index contributed by atoms with van der Waals surface area (Å²) in [5.74, 6) is 0.793. The molecule has 3 aromatic heterocycles. The second-order valence-electron chi connectivity index (χ2n) is 8.28. The summed E-state index contributed by atoms with van der Waals surface area (Å²) in [6.45, 7) is 4.38. The van der Waals surface area contributed by atoms with Crippen molar-refractivity contribution in [3.63, 3.8) is 0 Å². The third kappa shape index (κ3) is 3.35. The molecular weight excluding hydrogens is 384 g/mol. The second-order valence-corrected chi connectivity index (χ2v) is 8.28. The maximum absolute atomic E-state index is 4.76. The molecule has 6 heteroatoms. The summed E-state index contributed by atoms with van der Waals surface area (Å²) < 4.78 is 0. The molecule has 1 aliphatic rings. The van der Waals surface area contributed by atoms with E-state index in [0.29, 0.717) is 0 Å². The molecule has 0 atom stereocenters. The van der Waals surface area contributed by atoms with Crippen molar-refractivity contribution in [2.24, 2.45) is 0 Å². The van der Waals surface area contributed by atoms with Gasteiger partial charge in [-0.1, -0.05) is 12.1 Å². The number of aromatic amines is 2. The number of aromatic nitrogens is 4. The summed E-state index contributed by atoms with van der Waals surface area (Å²) >= 11 is 0. The predicted octanol–water partition coefficient (Wildman–Crippen LogP) is 4.53. The first kappa shape index (κ1) is 18.2. The van der Waals surface area contributed by atoms with Gasteiger partial charge in [0.25, 0.3) is 0 Å². The summed E-state index contributed by atoms with van der Waals surface area (Å²) in [6, 6.07) is 21.2. The van der Waals surface area contributed by atoms with Crippen molar-refractivity contribution in [3.8, 4) is 22.8 Å². The van der Waals surface area contributed by atoms with E-state index in [9.17, 15) is 0 Å². The third-order valence-electron chi connectivity index (χ3n) is 6.17. The Morgan fingerprint density at radius 2 is 1.71 bits per heavy atom. The van der Waals surface area contributed by atoms with Crippen LogP contribution in [0.3, 0.4) is 0 Å². The lowest BCUT2D eigenvalue weighted by Crippen LogP contribution is -2.44. The average molecular weight is 409 g/mol. The molecule has 0 unspecified atom stereocenters. The van der Waals surface area contributed by atoms with Crippen molar-refractivity contribution in [1.82, 2.24) is 24.8 Å². The normalized spacial score (nSPS) is 15.2. The molecule has 4 heterocycles. The summed E-state index contributed by atoms with van der Waals surface area (Å²) in [6.07, 6.45) is 1.79. The van der Waals surface area contributed by atoms with Crippen LogP contribution in [-0.2, 0) is 0 Å².